The molecule has 0 atom stereocenters. The van der Waals surface area contributed by atoms with E-state index in [9.17, 15) is 9.59 Å². The van der Waals surface area contributed by atoms with Crippen molar-refractivity contribution in [2.24, 2.45) is 4.99 Å². The predicted molar refractivity (Wildman–Crippen MR) is 116 cm³/mol. The van der Waals surface area contributed by atoms with Crippen LogP contribution in [0.4, 0.5) is 11.4 Å². The smallest absolute Gasteiger partial charge is 0.261 e. The quantitative estimate of drug-likeness (QED) is 0.630. The lowest BCUT2D eigenvalue weighted by atomic mass is 9.69. The Bertz CT molecular complexity index is 1190. The second-order valence-electron chi connectivity index (χ2n) is 7.81. The van der Waals surface area contributed by atoms with Crippen LogP contribution < -0.4 is 16.1 Å². The molecule has 1 fully saturated rings. The molecule has 0 saturated carbocycles. The molecule has 1 amide bonds. The summed E-state index contributed by atoms with van der Waals surface area (Å²) in [7, 11) is 0. The number of aliphatic imine (C=N–C) groups is 1. The molecule has 2 aromatic carbocycles. The van der Waals surface area contributed by atoms with Gasteiger partial charge in [-0.25, -0.2) is 0 Å². The van der Waals surface area contributed by atoms with Gasteiger partial charge in [0, 0.05) is 34.4 Å². The standard InChI is InChI=1S/C23H22N4O2/c28-21-16-3-1-2-4-19(16)26-14-17(21)22(29)27-15-5-6-18-20(13-15)25-12-9-23(18)7-10-24-11-8-23/h1-6,12-14,24H,7-11H2,(H,26,28)(H,27,29). The third kappa shape index (κ3) is 3.06. The van der Waals surface area contributed by atoms with Crippen molar-refractivity contribution in [3.8, 4) is 0 Å². The first kappa shape index (κ1) is 17.8. The molecule has 3 N–H and O–H groups in total. The van der Waals surface area contributed by atoms with Crippen LogP contribution in [0.15, 0.2) is 58.4 Å². The van der Waals surface area contributed by atoms with Gasteiger partial charge in [0.1, 0.15) is 5.56 Å². The third-order valence-corrected chi connectivity index (χ3v) is 6.13. The number of fused-ring (bicyclic) bond motifs is 3. The van der Waals surface area contributed by atoms with E-state index in [1.807, 2.05) is 30.5 Å². The van der Waals surface area contributed by atoms with Crippen molar-refractivity contribution in [2.45, 2.75) is 24.7 Å². The molecule has 6 nitrogen and oxygen atoms in total. The number of rotatable bonds is 2. The predicted octanol–water partition coefficient (Wildman–Crippen LogP) is 3.51. The van der Waals surface area contributed by atoms with Gasteiger partial charge in [0.25, 0.3) is 5.91 Å². The monoisotopic (exact) mass is 386 g/mol. The molecule has 3 aromatic rings. The molecule has 1 aromatic heterocycles. The summed E-state index contributed by atoms with van der Waals surface area (Å²) < 4.78 is 0. The number of nitrogens with one attached hydrogen (secondary N) is 3. The highest BCUT2D eigenvalue weighted by atomic mass is 16.2. The second-order valence-corrected chi connectivity index (χ2v) is 7.81. The van der Waals surface area contributed by atoms with Gasteiger partial charge in [-0.1, -0.05) is 18.2 Å². The molecule has 0 unspecified atom stereocenters. The van der Waals surface area contributed by atoms with Crippen molar-refractivity contribution < 1.29 is 4.79 Å². The molecule has 6 heteroatoms. The Kier molecular flexibility index (Phi) is 4.28. The number of H-pyrrole nitrogens is 1. The van der Waals surface area contributed by atoms with Crippen molar-refractivity contribution in [1.29, 1.82) is 0 Å². The van der Waals surface area contributed by atoms with Crippen molar-refractivity contribution in [1.82, 2.24) is 10.3 Å². The number of pyridine rings is 1. The van der Waals surface area contributed by atoms with Crippen LogP contribution in [0.3, 0.4) is 0 Å². The number of nitrogens with zero attached hydrogens (tertiary/aromatic N) is 1. The maximum atomic E-state index is 12.8. The molecule has 2 aliphatic heterocycles. The van der Waals surface area contributed by atoms with Gasteiger partial charge in [-0.2, -0.15) is 0 Å². The Morgan fingerprint density at radius 1 is 1.10 bits per heavy atom. The summed E-state index contributed by atoms with van der Waals surface area (Å²) >= 11 is 0. The van der Waals surface area contributed by atoms with Crippen LogP contribution in [0.5, 0.6) is 0 Å². The van der Waals surface area contributed by atoms with Gasteiger partial charge in [-0.15, -0.1) is 0 Å². The minimum absolute atomic E-state index is 0.0970. The Morgan fingerprint density at radius 3 is 2.79 bits per heavy atom. The molecule has 29 heavy (non-hydrogen) atoms. The fourth-order valence-electron chi connectivity index (χ4n) is 4.51. The number of anilines is 1. The lowest BCUT2D eigenvalue weighted by Crippen LogP contribution is -2.41. The molecule has 1 spiro atoms. The molecule has 146 valence electrons. The highest BCUT2D eigenvalue weighted by Crippen LogP contribution is 2.44. The van der Waals surface area contributed by atoms with Crippen molar-refractivity contribution in [3.05, 3.63) is 70.0 Å². The summed E-state index contributed by atoms with van der Waals surface area (Å²) in [6.45, 7) is 2.02. The minimum atomic E-state index is -0.423. The first-order valence-corrected chi connectivity index (χ1v) is 9.96. The van der Waals surface area contributed by atoms with E-state index < -0.39 is 5.91 Å². The number of aromatic amines is 1. The number of piperidine rings is 1. The summed E-state index contributed by atoms with van der Waals surface area (Å²) in [4.78, 5) is 33.1. The van der Waals surface area contributed by atoms with Crippen LogP contribution in [0.25, 0.3) is 10.9 Å². The number of hydrogen-bond donors (Lipinski definition) is 3. The first-order valence-electron chi connectivity index (χ1n) is 9.96. The zero-order valence-corrected chi connectivity index (χ0v) is 16.0. The molecular formula is C23H22N4O2. The first-order chi connectivity index (χ1) is 14.2. The Hall–Kier alpha value is -3.25. The zero-order chi connectivity index (χ0) is 19.8. The summed E-state index contributed by atoms with van der Waals surface area (Å²) in [5, 5.41) is 6.79. The SMILES string of the molecule is O=C(Nc1ccc2c(c1)N=CCC21CCNCC1)c1c[nH]c2ccccc2c1=O. The highest BCUT2D eigenvalue weighted by Gasteiger charge is 2.36. The number of aromatic nitrogens is 1. The van der Waals surface area contributed by atoms with Crippen LogP contribution in [0.1, 0.15) is 35.2 Å². The van der Waals surface area contributed by atoms with E-state index in [1.165, 1.54) is 11.8 Å². The molecule has 1 saturated heterocycles. The third-order valence-electron chi connectivity index (χ3n) is 6.13. The van der Waals surface area contributed by atoms with Crippen LogP contribution >= 0.6 is 0 Å². The van der Waals surface area contributed by atoms with Crippen molar-refractivity contribution in [2.75, 3.05) is 18.4 Å². The van der Waals surface area contributed by atoms with E-state index >= 15 is 0 Å². The lowest BCUT2D eigenvalue weighted by molar-refractivity contribution is 0.102. The average Bonchev–Trinajstić information content (AvgIpc) is 2.75. The van der Waals surface area contributed by atoms with Crippen LogP contribution in [0, 0.1) is 0 Å². The van der Waals surface area contributed by atoms with Crippen LogP contribution in [-0.4, -0.2) is 30.2 Å². The number of carbonyl (C=O) groups is 1. The summed E-state index contributed by atoms with van der Waals surface area (Å²) in [6, 6.07) is 13.1. The molecule has 5 rings (SSSR count). The van der Waals surface area contributed by atoms with Crippen molar-refractivity contribution in [3.63, 3.8) is 0 Å². The van der Waals surface area contributed by atoms with E-state index in [0.717, 1.165) is 38.0 Å². The average molecular weight is 386 g/mol. The maximum absolute atomic E-state index is 12.8. The zero-order valence-electron chi connectivity index (χ0n) is 16.0. The second kappa shape index (κ2) is 6.97. The molecule has 0 bridgehead atoms. The van der Waals surface area contributed by atoms with Gasteiger partial charge in [0.15, 0.2) is 0 Å². The van der Waals surface area contributed by atoms with E-state index in [0.29, 0.717) is 16.6 Å². The van der Waals surface area contributed by atoms with Gasteiger partial charge in [0.05, 0.1) is 5.69 Å². The fourth-order valence-corrected chi connectivity index (χ4v) is 4.51. The number of amides is 1. The number of para-hydroxylation sites is 1. The molecule has 0 radical (unpaired) electrons. The van der Waals surface area contributed by atoms with Crippen molar-refractivity contribution >= 4 is 34.4 Å². The van der Waals surface area contributed by atoms with E-state index in [1.54, 1.807) is 12.1 Å². The van der Waals surface area contributed by atoms with Crippen LogP contribution in [-0.2, 0) is 5.41 Å². The summed E-state index contributed by atoms with van der Waals surface area (Å²) in [6.07, 6.45) is 6.60. The Balaban J connectivity index is 1.45. The van der Waals surface area contributed by atoms with Gasteiger partial charge in [0.2, 0.25) is 5.43 Å². The largest absolute Gasteiger partial charge is 0.360 e. The summed E-state index contributed by atoms with van der Waals surface area (Å²) in [5.41, 5.74) is 3.47. The van der Waals surface area contributed by atoms with Gasteiger partial charge < -0.3 is 15.6 Å². The van der Waals surface area contributed by atoms with Gasteiger partial charge in [-0.05, 0) is 62.2 Å². The fraction of sp³-hybridized carbons (Fsp3) is 0.261. The number of carbonyl (C=O) groups excluding carboxylic acids is 1. The molecule has 2 aliphatic rings. The van der Waals surface area contributed by atoms with Crippen LogP contribution in [0.2, 0.25) is 0 Å². The molecule has 3 heterocycles. The highest BCUT2D eigenvalue weighted by molar-refractivity contribution is 6.05. The van der Waals surface area contributed by atoms with E-state index in [-0.39, 0.29) is 16.4 Å². The topological polar surface area (TPSA) is 86.3 Å². The van der Waals surface area contributed by atoms with Gasteiger partial charge in [-0.3, -0.25) is 14.6 Å². The maximum Gasteiger partial charge on any atom is 0.261 e. The minimum Gasteiger partial charge on any atom is -0.360 e. The lowest BCUT2D eigenvalue weighted by Gasteiger charge is -2.39. The van der Waals surface area contributed by atoms with E-state index in [2.05, 4.69) is 26.7 Å². The Labute approximate surface area is 168 Å². The number of hydrogen-bond acceptors (Lipinski definition) is 4. The molecular weight excluding hydrogens is 364 g/mol. The van der Waals surface area contributed by atoms with E-state index in [4.69, 9.17) is 0 Å². The number of benzene rings is 2. The molecule has 0 aliphatic carbocycles. The summed E-state index contributed by atoms with van der Waals surface area (Å²) in [5.74, 6) is -0.423. The van der Waals surface area contributed by atoms with Gasteiger partial charge >= 0.3 is 0 Å². The normalized spacial score (nSPS) is 17.2. The Morgan fingerprint density at radius 2 is 1.93 bits per heavy atom.